The number of nitrogens with zero attached hydrogens (tertiary/aromatic N) is 6. The van der Waals surface area contributed by atoms with E-state index in [1.54, 1.807) is 0 Å². The van der Waals surface area contributed by atoms with Crippen molar-refractivity contribution in [3.05, 3.63) is 69.7 Å². The minimum absolute atomic E-state index is 0.00576. The Morgan fingerprint density at radius 3 is 2.69 bits per heavy atom. The second kappa shape index (κ2) is 8.95. The van der Waals surface area contributed by atoms with Gasteiger partial charge in [0.2, 0.25) is 5.95 Å². The van der Waals surface area contributed by atoms with Crippen LogP contribution in [-0.4, -0.2) is 39.9 Å². The van der Waals surface area contributed by atoms with Crippen molar-refractivity contribution in [2.75, 3.05) is 5.32 Å². The van der Waals surface area contributed by atoms with Crippen LogP contribution in [0, 0.1) is 5.82 Å². The minimum Gasteiger partial charge on any atom is -0.450 e. The summed E-state index contributed by atoms with van der Waals surface area (Å²) in [7, 11) is 1.54. The monoisotopic (exact) mass is 563 g/mol. The van der Waals surface area contributed by atoms with E-state index in [1.807, 2.05) is 0 Å². The maximum absolute atomic E-state index is 13.7. The standard InChI is InChI=1S/C24H18ClF4N7O3/c1-34-20-19(25)18(39-17-9-31-36-3-2-12(26)5-16(17)36)8-30-21(20)33-23(34)32-15-4-11(24(27,28)29)10-35(22(15)38)13-6-14(37)7-13/h2-5,8-10,13-14,37H,6-7H2,1H3,(H,30,32,33)/t13-,14-. The van der Waals surface area contributed by atoms with E-state index in [0.29, 0.717) is 11.6 Å². The van der Waals surface area contributed by atoms with Gasteiger partial charge >= 0.3 is 6.18 Å². The number of alkyl halides is 3. The van der Waals surface area contributed by atoms with Gasteiger partial charge < -0.3 is 24.3 Å². The summed E-state index contributed by atoms with van der Waals surface area (Å²) < 4.78 is 64.2. The summed E-state index contributed by atoms with van der Waals surface area (Å²) in [5.74, 6) is -0.172. The number of aryl methyl sites for hydroxylation is 1. The van der Waals surface area contributed by atoms with Crippen molar-refractivity contribution in [1.29, 1.82) is 0 Å². The van der Waals surface area contributed by atoms with Crippen LogP contribution >= 0.6 is 11.6 Å². The lowest BCUT2D eigenvalue weighted by Crippen LogP contribution is -2.37. The first-order chi connectivity index (χ1) is 18.5. The van der Waals surface area contributed by atoms with E-state index >= 15 is 0 Å². The molecular weight excluding hydrogens is 546 g/mol. The predicted octanol–water partition coefficient (Wildman–Crippen LogP) is 4.82. The third-order valence-electron chi connectivity index (χ3n) is 6.57. The van der Waals surface area contributed by atoms with Gasteiger partial charge in [-0.3, -0.25) is 4.79 Å². The summed E-state index contributed by atoms with van der Waals surface area (Å²) in [6.07, 6.45) is -0.171. The number of rotatable bonds is 5. The molecule has 1 fully saturated rings. The lowest BCUT2D eigenvalue weighted by atomic mass is 9.89. The zero-order valence-corrected chi connectivity index (χ0v) is 20.7. The Labute approximate surface area is 221 Å². The third kappa shape index (κ3) is 4.34. The van der Waals surface area contributed by atoms with Crippen LogP contribution < -0.4 is 15.6 Å². The van der Waals surface area contributed by atoms with Gasteiger partial charge in [-0.15, -0.1) is 0 Å². The van der Waals surface area contributed by atoms with Gasteiger partial charge in [0.25, 0.3) is 5.56 Å². The maximum atomic E-state index is 13.7. The number of fused-ring (bicyclic) bond motifs is 2. The molecule has 1 saturated carbocycles. The van der Waals surface area contributed by atoms with Crippen molar-refractivity contribution in [1.82, 2.24) is 28.7 Å². The highest BCUT2D eigenvalue weighted by atomic mass is 35.5. The zero-order chi connectivity index (χ0) is 27.6. The van der Waals surface area contributed by atoms with Crippen LogP contribution in [0.3, 0.4) is 0 Å². The number of hydrogen-bond donors (Lipinski definition) is 2. The Bertz CT molecular complexity index is 1810. The highest BCUT2D eigenvalue weighted by Gasteiger charge is 2.36. The van der Waals surface area contributed by atoms with Gasteiger partial charge in [0.05, 0.1) is 24.1 Å². The Hall–Kier alpha value is -4.17. The number of imidazole rings is 1. The molecule has 202 valence electrons. The number of nitrogens with one attached hydrogen (secondary N) is 1. The van der Waals surface area contributed by atoms with Crippen molar-refractivity contribution < 1.29 is 27.4 Å². The van der Waals surface area contributed by atoms with Gasteiger partial charge in [-0.25, -0.2) is 13.9 Å². The molecule has 0 bridgehead atoms. The number of ether oxygens (including phenoxy) is 1. The van der Waals surface area contributed by atoms with Crippen molar-refractivity contribution >= 4 is 39.9 Å². The number of anilines is 2. The molecular formula is C24H18ClF4N7O3. The average Bonchev–Trinajstić information content (AvgIpc) is 3.40. The third-order valence-corrected chi connectivity index (χ3v) is 6.94. The molecule has 10 nitrogen and oxygen atoms in total. The molecule has 1 aliphatic carbocycles. The number of aromatic nitrogens is 6. The van der Waals surface area contributed by atoms with E-state index in [9.17, 15) is 27.5 Å². The second-order valence-electron chi connectivity index (χ2n) is 9.15. The molecule has 0 atom stereocenters. The molecule has 0 aliphatic heterocycles. The molecule has 5 aromatic rings. The first-order valence-corrected chi connectivity index (χ1v) is 12.0. The number of hydrogen-bond acceptors (Lipinski definition) is 7. The summed E-state index contributed by atoms with van der Waals surface area (Å²) in [6.45, 7) is 0. The predicted molar refractivity (Wildman–Crippen MR) is 132 cm³/mol. The molecule has 15 heteroatoms. The Morgan fingerprint density at radius 1 is 1.21 bits per heavy atom. The van der Waals surface area contributed by atoms with Crippen LogP contribution in [0.25, 0.3) is 16.7 Å². The van der Waals surface area contributed by atoms with Crippen molar-refractivity contribution in [3.63, 3.8) is 0 Å². The molecule has 0 amide bonds. The smallest absolute Gasteiger partial charge is 0.417 e. The highest BCUT2D eigenvalue weighted by Crippen LogP contribution is 2.38. The topological polar surface area (TPSA) is 112 Å². The fourth-order valence-corrected chi connectivity index (χ4v) is 4.75. The number of pyridine rings is 3. The summed E-state index contributed by atoms with van der Waals surface area (Å²) in [5, 5.41) is 16.4. The molecule has 1 aliphatic rings. The van der Waals surface area contributed by atoms with E-state index in [1.165, 1.54) is 46.9 Å². The van der Waals surface area contributed by atoms with Crippen LogP contribution in [0.4, 0.5) is 29.2 Å². The van der Waals surface area contributed by atoms with Crippen LogP contribution in [0.2, 0.25) is 5.02 Å². The first-order valence-electron chi connectivity index (χ1n) is 11.6. The molecule has 6 rings (SSSR count). The molecule has 0 spiro atoms. The summed E-state index contributed by atoms with van der Waals surface area (Å²) in [5.41, 5.74) is -1.33. The maximum Gasteiger partial charge on any atom is 0.417 e. The molecule has 2 N–H and O–H groups in total. The van der Waals surface area contributed by atoms with Gasteiger partial charge in [-0.2, -0.15) is 23.3 Å². The van der Waals surface area contributed by atoms with Crippen molar-refractivity contribution in [3.8, 4) is 11.5 Å². The molecule has 0 unspecified atom stereocenters. The Balaban J connectivity index is 1.38. The number of halogens is 5. The van der Waals surface area contributed by atoms with Gasteiger partial charge in [0.15, 0.2) is 17.1 Å². The molecule has 39 heavy (non-hydrogen) atoms. The zero-order valence-electron chi connectivity index (χ0n) is 19.9. The normalized spacial score (nSPS) is 17.5. The number of aliphatic hydroxyl groups is 1. The second-order valence-corrected chi connectivity index (χ2v) is 9.52. The van der Waals surface area contributed by atoms with Crippen LogP contribution in [0.5, 0.6) is 11.5 Å². The largest absolute Gasteiger partial charge is 0.450 e. The SMILES string of the molecule is Cn1c(Nc2cc(C(F)(F)F)cn([C@H]3C[C@H](O)C3)c2=O)nc2ncc(Oc3cnn4ccc(F)cc34)c(Cl)c21. The fraction of sp³-hybridized carbons (Fsp3) is 0.250. The van der Waals surface area contributed by atoms with Crippen LogP contribution in [0.15, 0.2) is 47.8 Å². The number of aliphatic hydroxyl groups excluding tert-OH is 1. The van der Waals surface area contributed by atoms with Crippen molar-refractivity contribution in [2.45, 2.75) is 31.2 Å². The Kier molecular flexibility index (Phi) is 5.77. The van der Waals surface area contributed by atoms with E-state index in [0.717, 1.165) is 10.8 Å². The lowest BCUT2D eigenvalue weighted by molar-refractivity contribution is -0.138. The average molecular weight is 564 g/mol. The molecule has 5 aromatic heterocycles. The molecule has 0 saturated heterocycles. The molecule has 5 heterocycles. The van der Waals surface area contributed by atoms with E-state index < -0.39 is 35.3 Å². The Morgan fingerprint density at radius 2 is 1.97 bits per heavy atom. The fourth-order valence-electron chi connectivity index (χ4n) is 4.45. The van der Waals surface area contributed by atoms with Crippen LogP contribution in [0.1, 0.15) is 24.4 Å². The molecule has 0 radical (unpaired) electrons. The van der Waals surface area contributed by atoms with Gasteiger partial charge in [-0.1, -0.05) is 11.6 Å². The molecule has 0 aromatic carbocycles. The van der Waals surface area contributed by atoms with E-state index in [-0.39, 0.29) is 52.2 Å². The highest BCUT2D eigenvalue weighted by molar-refractivity contribution is 6.36. The van der Waals surface area contributed by atoms with E-state index in [2.05, 4.69) is 20.4 Å². The van der Waals surface area contributed by atoms with Crippen molar-refractivity contribution in [2.24, 2.45) is 7.05 Å². The summed E-state index contributed by atoms with van der Waals surface area (Å²) in [6, 6.07) is 2.63. The van der Waals surface area contributed by atoms with Gasteiger partial charge in [-0.05, 0) is 25.0 Å². The van der Waals surface area contributed by atoms with E-state index in [4.69, 9.17) is 16.3 Å². The first kappa shape index (κ1) is 25.1. The quantitative estimate of drug-likeness (QED) is 0.295. The summed E-state index contributed by atoms with van der Waals surface area (Å²) in [4.78, 5) is 21.6. The minimum atomic E-state index is -4.71. The lowest BCUT2D eigenvalue weighted by Gasteiger charge is -2.33. The van der Waals surface area contributed by atoms with Gasteiger partial charge in [0, 0.05) is 31.5 Å². The van der Waals surface area contributed by atoms with Gasteiger partial charge in [0.1, 0.15) is 27.6 Å². The summed E-state index contributed by atoms with van der Waals surface area (Å²) >= 11 is 6.59. The van der Waals surface area contributed by atoms with Crippen LogP contribution in [-0.2, 0) is 13.2 Å².